The molecular formula is C22H42N2. The molecule has 0 saturated carbocycles. The van der Waals surface area contributed by atoms with Crippen molar-refractivity contribution in [3.63, 3.8) is 0 Å². The molecule has 0 aliphatic carbocycles. The maximum atomic E-state index is 3.39. The molecular weight excluding hydrogens is 292 g/mol. The van der Waals surface area contributed by atoms with Crippen LogP contribution >= 0.6 is 0 Å². The summed E-state index contributed by atoms with van der Waals surface area (Å²) in [5.74, 6) is 0. The Bertz CT molecular complexity index is 385. The minimum atomic E-state index is 0.553. The monoisotopic (exact) mass is 334 g/mol. The predicted octanol–water partition coefficient (Wildman–Crippen LogP) is 6.05. The molecule has 2 heteroatoms. The molecule has 0 aliphatic rings. The molecule has 0 unspecified atom stereocenters. The van der Waals surface area contributed by atoms with Crippen molar-refractivity contribution in [2.45, 2.75) is 92.7 Å². The summed E-state index contributed by atoms with van der Waals surface area (Å²) in [7, 11) is 0. The molecule has 1 aromatic carbocycles. The van der Waals surface area contributed by atoms with E-state index >= 15 is 0 Å². The smallest absolute Gasteiger partial charge is 0.0403 e. The Morgan fingerprint density at radius 1 is 0.833 bits per heavy atom. The number of nitrogens with one attached hydrogen (secondary N) is 1. The zero-order valence-electron chi connectivity index (χ0n) is 17.4. The van der Waals surface area contributed by atoms with E-state index < -0.39 is 0 Å². The number of para-hydroxylation sites is 1. The van der Waals surface area contributed by atoms with Gasteiger partial charge in [0, 0.05) is 17.8 Å². The zero-order valence-corrected chi connectivity index (χ0v) is 17.4. The Morgan fingerprint density at radius 2 is 1.33 bits per heavy atom. The first-order chi connectivity index (χ1) is 11.5. The average Bonchev–Trinajstić information content (AvgIpc) is 2.55. The maximum Gasteiger partial charge on any atom is 0.0403 e. The number of hydrogen-bond donors (Lipinski definition) is 1. The van der Waals surface area contributed by atoms with Crippen molar-refractivity contribution in [3.8, 4) is 0 Å². The van der Waals surface area contributed by atoms with Crippen LogP contribution in [0.3, 0.4) is 0 Å². The number of nitrogens with zero attached hydrogens (tertiary/aromatic N) is 1. The van der Waals surface area contributed by atoms with Crippen LogP contribution < -0.4 is 10.2 Å². The molecule has 0 spiro atoms. The second-order valence-corrected chi connectivity index (χ2v) is 7.03. The van der Waals surface area contributed by atoms with E-state index in [2.05, 4.69) is 82.9 Å². The Hall–Kier alpha value is -1.02. The van der Waals surface area contributed by atoms with Gasteiger partial charge < -0.3 is 10.2 Å². The maximum absolute atomic E-state index is 3.39. The molecule has 0 heterocycles. The molecule has 1 aromatic rings. The summed E-state index contributed by atoms with van der Waals surface area (Å²) in [5, 5.41) is 3.39. The van der Waals surface area contributed by atoms with Gasteiger partial charge in [0.25, 0.3) is 0 Å². The van der Waals surface area contributed by atoms with E-state index in [9.17, 15) is 0 Å². The number of anilines is 1. The van der Waals surface area contributed by atoms with Gasteiger partial charge in [0.2, 0.25) is 0 Å². The highest BCUT2D eigenvalue weighted by molar-refractivity contribution is 5.54. The fraction of sp³-hybridized carbons (Fsp3) is 0.727. The molecule has 0 fully saturated rings. The second-order valence-electron chi connectivity index (χ2n) is 7.03. The van der Waals surface area contributed by atoms with E-state index in [1.165, 1.54) is 50.0 Å². The van der Waals surface area contributed by atoms with Crippen LogP contribution in [-0.2, 0) is 6.42 Å². The predicted molar refractivity (Wildman–Crippen MR) is 111 cm³/mol. The zero-order chi connectivity index (χ0) is 18.4. The average molecular weight is 335 g/mol. The summed E-state index contributed by atoms with van der Waals surface area (Å²) < 4.78 is 0. The van der Waals surface area contributed by atoms with E-state index in [0.717, 1.165) is 6.42 Å². The Kier molecular flexibility index (Phi) is 13.7. The summed E-state index contributed by atoms with van der Waals surface area (Å²) in [5.41, 5.74) is 2.84. The highest BCUT2D eigenvalue weighted by atomic mass is 15.2. The van der Waals surface area contributed by atoms with Gasteiger partial charge in [0.15, 0.2) is 0 Å². The summed E-state index contributed by atoms with van der Waals surface area (Å²) in [6.45, 7) is 18.1. The van der Waals surface area contributed by atoms with Crippen LogP contribution in [-0.4, -0.2) is 25.2 Å². The lowest BCUT2D eigenvalue weighted by molar-refractivity contribution is 0.605. The van der Waals surface area contributed by atoms with Crippen molar-refractivity contribution < 1.29 is 0 Å². The lowest BCUT2D eigenvalue weighted by atomic mass is 10.1. The Labute approximate surface area is 152 Å². The largest absolute Gasteiger partial charge is 0.366 e. The Balaban J connectivity index is 0.000000506. The molecule has 24 heavy (non-hydrogen) atoms. The summed E-state index contributed by atoms with van der Waals surface area (Å²) in [4.78, 5) is 2.48. The third kappa shape index (κ3) is 9.32. The molecule has 0 atom stereocenters. The summed E-state index contributed by atoms with van der Waals surface area (Å²) >= 11 is 0. The molecule has 0 radical (unpaired) electrons. The topological polar surface area (TPSA) is 15.3 Å². The van der Waals surface area contributed by atoms with Crippen LogP contribution in [0, 0.1) is 0 Å². The minimum absolute atomic E-state index is 0.553. The van der Waals surface area contributed by atoms with Crippen LogP contribution in [0.1, 0.15) is 79.7 Å². The normalized spacial score (nSPS) is 10.7. The highest BCUT2D eigenvalue weighted by Crippen LogP contribution is 2.24. The van der Waals surface area contributed by atoms with E-state index in [1.807, 2.05) is 0 Å². The number of aryl methyl sites for hydroxylation is 1. The molecule has 2 nitrogen and oxygen atoms in total. The fourth-order valence-corrected chi connectivity index (χ4v) is 2.94. The summed E-state index contributed by atoms with van der Waals surface area (Å²) in [6, 6.07) is 9.83. The molecule has 0 aliphatic heterocycles. The first-order valence-electron chi connectivity index (χ1n) is 10.1. The van der Waals surface area contributed by atoms with Gasteiger partial charge in [-0.2, -0.15) is 0 Å². The van der Waals surface area contributed by atoms with Crippen molar-refractivity contribution in [1.82, 2.24) is 5.32 Å². The van der Waals surface area contributed by atoms with Gasteiger partial charge in [-0.15, -0.1) is 0 Å². The molecule has 0 bridgehead atoms. The van der Waals surface area contributed by atoms with Gasteiger partial charge in [-0.1, -0.05) is 51.8 Å². The number of rotatable bonds is 10. The van der Waals surface area contributed by atoms with Crippen LogP contribution in [0.15, 0.2) is 24.3 Å². The van der Waals surface area contributed by atoms with Crippen molar-refractivity contribution >= 4 is 5.69 Å². The number of benzene rings is 1. The quantitative estimate of drug-likeness (QED) is 0.524. The van der Waals surface area contributed by atoms with Gasteiger partial charge in [0.05, 0.1) is 0 Å². The third-order valence-corrected chi connectivity index (χ3v) is 4.18. The Morgan fingerprint density at radius 3 is 1.75 bits per heavy atom. The molecule has 0 amide bonds. The lowest BCUT2D eigenvalue weighted by Gasteiger charge is -2.34. The molecule has 1 N–H and O–H groups in total. The van der Waals surface area contributed by atoms with Crippen LogP contribution in [0.4, 0.5) is 5.69 Å². The van der Waals surface area contributed by atoms with Crippen LogP contribution in [0.5, 0.6) is 0 Å². The second kappa shape index (κ2) is 14.3. The van der Waals surface area contributed by atoms with Gasteiger partial charge in [0.1, 0.15) is 0 Å². The van der Waals surface area contributed by atoms with Gasteiger partial charge >= 0.3 is 0 Å². The van der Waals surface area contributed by atoms with Gasteiger partial charge in [-0.25, -0.2) is 0 Å². The standard InChI is InChI=1S/C14H23N.C8H19N/c1-6-13-9-7-8-10-14(13)15(11(2)3)12(4)5;1-3-5-7-9-8-6-4-2/h7-12H,6H2,1-5H3;9H,3-8H2,1-2H3. The molecule has 0 saturated heterocycles. The van der Waals surface area contributed by atoms with E-state index in [1.54, 1.807) is 0 Å². The van der Waals surface area contributed by atoms with Gasteiger partial charge in [-0.05, 0) is 71.7 Å². The van der Waals surface area contributed by atoms with E-state index in [4.69, 9.17) is 0 Å². The molecule has 0 aromatic heterocycles. The number of unbranched alkanes of at least 4 members (excludes halogenated alkanes) is 2. The lowest BCUT2D eigenvalue weighted by Crippen LogP contribution is -2.37. The molecule has 1 rings (SSSR count). The van der Waals surface area contributed by atoms with E-state index in [-0.39, 0.29) is 0 Å². The fourth-order valence-electron chi connectivity index (χ4n) is 2.94. The SMILES string of the molecule is CCCCNCCCC.CCc1ccccc1N(C(C)C)C(C)C. The minimum Gasteiger partial charge on any atom is -0.366 e. The first-order valence-corrected chi connectivity index (χ1v) is 10.1. The summed E-state index contributed by atoms with van der Waals surface area (Å²) in [6.07, 6.45) is 6.36. The van der Waals surface area contributed by atoms with Crippen molar-refractivity contribution in [2.24, 2.45) is 0 Å². The van der Waals surface area contributed by atoms with E-state index in [0.29, 0.717) is 12.1 Å². The highest BCUT2D eigenvalue weighted by Gasteiger charge is 2.15. The molecule has 140 valence electrons. The number of hydrogen-bond acceptors (Lipinski definition) is 2. The van der Waals surface area contributed by atoms with Gasteiger partial charge in [-0.3, -0.25) is 0 Å². The van der Waals surface area contributed by atoms with Crippen molar-refractivity contribution in [1.29, 1.82) is 0 Å². The van der Waals surface area contributed by atoms with Crippen LogP contribution in [0.25, 0.3) is 0 Å². The van der Waals surface area contributed by atoms with Crippen molar-refractivity contribution in [3.05, 3.63) is 29.8 Å². The third-order valence-electron chi connectivity index (χ3n) is 4.18. The van der Waals surface area contributed by atoms with Crippen molar-refractivity contribution in [2.75, 3.05) is 18.0 Å². The van der Waals surface area contributed by atoms with Crippen LogP contribution in [0.2, 0.25) is 0 Å². The first kappa shape index (κ1) is 23.0.